The highest BCUT2D eigenvalue weighted by atomic mass is 32.2. The first-order valence-corrected chi connectivity index (χ1v) is 9.29. The lowest BCUT2D eigenvalue weighted by Crippen LogP contribution is -2.54. The molecule has 3 rings (SSSR count). The summed E-state index contributed by atoms with van der Waals surface area (Å²) in [6.07, 6.45) is 0. The molecule has 1 atom stereocenters. The summed E-state index contributed by atoms with van der Waals surface area (Å²) in [6, 6.07) is 5.71. The quantitative estimate of drug-likeness (QED) is 0.888. The third-order valence-corrected chi connectivity index (χ3v) is 6.20. The van der Waals surface area contributed by atoms with Crippen LogP contribution in [0, 0.1) is 0 Å². The summed E-state index contributed by atoms with van der Waals surface area (Å²) in [5, 5.41) is 12.0. The summed E-state index contributed by atoms with van der Waals surface area (Å²) in [5.41, 5.74) is 0.372. The maximum absolute atomic E-state index is 12.6. The van der Waals surface area contributed by atoms with E-state index < -0.39 is 33.5 Å². The molecule has 0 aliphatic carbocycles. The van der Waals surface area contributed by atoms with Gasteiger partial charge >= 0.3 is 5.97 Å². The molecule has 1 amide bonds. The number of aliphatic carboxylic acids is 1. The van der Waals surface area contributed by atoms with Gasteiger partial charge in [0.15, 0.2) is 9.84 Å². The van der Waals surface area contributed by atoms with Crippen molar-refractivity contribution < 1.29 is 23.1 Å². The molecule has 8 heteroatoms. The Hall–Kier alpha value is -1.93. The van der Waals surface area contributed by atoms with Crippen LogP contribution in [0.2, 0.25) is 0 Å². The standard InChI is InChI=1S/C14H13NO5S2/c16-13(10-1-2-12-9(7-10)3-5-21-12)15-4-6-22(19,20)8-11(15)14(17)18/h1-3,5,7,11H,4,6,8H2,(H,17,18). The van der Waals surface area contributed by atoms with Crippen molar-refractivity contribution in [3.63, 3.8) is 0 Å². The Labute approximate surface area is 130 Å². The maximum atomic E-state index is 12.6. The second-order valence-electron chi connectivity index (χ2n) is 5.14. The number of amides is 1. The van der Waals surface area contributed by atoms with Gasteiger partial charge in [0.05, 0.1) is 11.5 Å². The van der Waals surface area contributed by atoms with Crippen molar-refractivity contribution in [1.29, 1.82) is 0 Å². The van der Waals surface area contributed by atoms with E-state index in [1.54, 1.807) is 23.5 Å². The number of carbonyl (C=O) groups is 2. The number of hydrogen-bond acceptors (Lipinski definition) is 5. The summed E-state index contributed by atoms with van der Waals surface area (Å²) < 4.78 is 24.3. The average molecular weight is 339 g/mol. The smallest absolute Gasteiger partial charge is 0.327 e. The highest BCUT2D eigenvalue weighted by Crippen LogP contribution is 2.23. The highest BCUT2D eigenvalue weighted by molar-refractivity contribution is 7.91. The van der Waals surface area contributed by atoms with Gasteiger partial charge in [0.1, 0.15) is 6.04 Å². The molecule has 0 spiro atoms. The number of carbonyl (C=O) groups excluding carboxylic acids is 1. The van der Waals surface area contributed by atoms with Crippen molar-refractivity contribution in [2.75, 3.05) is 18.1 Å². The van der Waals surface area contributed by atoms with Crippen molar-refractivity contribution in [2.24, 2.45) is 0 Å². The molecule has 1 unspecified atom stereocenters. The zero-order chi connectivity index (χ0) is 15.9. The Kier molecular flexibility index (Phi) is 3.65. The van der Waals surface area contributed by atoms with Gasteiger partial charge < -0.3 is 10.0 Å². The topological polar surface area (TPSA) is 91.8 Å². The molecule has 1 aromatic carbocycles. The fourth-order valence-electron chi connectivity index (χ4n) is 2.52. The normalized spacial score (nSPS) is 20.9. The average Bonchev–Trinajstić information content (AvgIpc) is 2.93. The first-order chi connectivity index (χ1) is 10.4. The van der Waals surface area contributed by atoms with Crippen molar-refractivity contribution in [3.05, 3.63) is 35.2 Å². The minimum atomic E-state index is -3.42. The zero-order valence-electron chi connectivity index (χ0n) is 11.4. The number of carboxylic acid groups (broad SMARTS) is 1. The summed E-state index contributed by atoms with van der Waals surface area (Å²) >= 11 is 1.55. The number of sulfone groups is 1. The monoisotopic (exact) mass is 339 g/mol. The molecule has 1 N–H and O–H groups in total. The van der Waals surface area contributed by atoms with Crippen LogP contribution in [0.3, 0.4) is 0 Å². The predicted molar refractivity (Wildman–Crippen MR) is 82.9 cm³/mol. The lowest BCUT2D eigenvalue weighted by molar-refractivity contribution is -0.141. The van der Waals surface area contributed by atoms with Crippen LogP contribution in [-0.4, -0.2) is 54.4 Å². The SMILES string of the molecule is O=C(O)C1CS(=O)(=O)CCN1C(=O)c1ccc2sccc2c1. The summed E-state index contributed by atoms with van der Waals surface area (Å²) in [6.45, 7) is -0.0974. The maximum Gasteiger partial charge on any atom is 0.327 e. The van der Waals surface area contributed by atoms with Crippen LogP contribution in [0.25, 0.3) is 10.1 Å². The van der Waals surface area contributed by atoms with Crippen LogP contribution in [-0.2, 0) is 14.6 Å². The first kappa shape index (κ1) is 15.0. The molecular formula is C14H13NO5S2. The number of fused-ring (bicyclic) bond motifs is 1. The van der Waals surface area contributed by atoms with E-state index in [1.807, 2.05) is 17.5 Å². The summed E-state index contributed by atoms with van der Waals surface area (Å²) in [5.74, 6) is -2.48. The van der Waals surface area contributed by atoms with Crippen LogP contribution in [0.4, 0.5) is 0 Å². The van der Waals surface area contributed by atoms with Gasteiger partial charge in [-0.2, -0.15) is 0 Å². The Morgan fingerprint density at radius 3 is 2.77 bits per heavy atom. The molecular weight excluding hydrogens is 326 g/mol. The summed E-state index contributed by atoms with van der Waals surface area (Å²) in [7, 11) is -3.42. The molecule has 1 aliphatic rings. The van der Waals surface area contributed by atoms with Crippen LogP contribution in [0.1, 0.15) is 10.4 Å². The molecule has 1 aromatic heterocycles. The molecule has 1 saturated heterocycles. The molecule has 0 saturated carbocycles. The van der Waals surface area contributed by atoms with Gasteiger partial charge in [0, 0.05) is 16.8 Å². The zero-order valence-corrected chi connectivity index (χ0v) is 13.1. The number of thiophene rings is 1. The molecule has 2 aromatic rings. The Morgan fingerprint density at radius 1 is 1.27 bits per heavy atom. The van der Waals surface area contributed by atoms with Gasteiger partial charge in [-0.15, -0.1) is 11.3 Å². The number of carboxylic acids is 1. The molecule has 0 radical (unpaired) electrons. The molecule has 22 heavy (non-hydrogen) atoms. The largest absolute Gasteiger partial charge is 0.480 e. The van der Waals surface area contributed by atoms with Crippen LogP contribution < -0.4 is 0 Å². The van der Waals surface area contributed by atoms with E-state index in [0.717, 1.165) is 15.0 Å². The van der Waals surface area contributed by atoms with E-state index in [0.29, 0.717) is 5.56 Å². The number of benzene rings is 1. The van der Waals surface area contributed by atoms with Crippen LogP contribution >= 0.6 is 11.3 Å². The van der Waals surface area contributed by atoms with Crippen molar-refractivity contribution in [3.8, 4) is 0 Å². The third kappa shape index (κ3) is 2.71. The van der Waals surface area contributed by atoms with E-state index in [4.69, 9.17) is 0 Å². The van der Waals surface area contributed by atoms with Crippen LogP contribution in [0.15, 0.2) is 29.6 Å². The van der Waals surface area contributed by atoms with E-state index in [1.165, 1.54) is 0 Å². The Morgan fingerprint density at radius 2 is 2.05 bits per heavy atom. The molecule has 6 nitrogen and oxygen atoms in total. The molecule has 1 fully saturated rings. The van der Waals surface area contributed by atoms with E-state index >= 15 is 0 Å². The molecule has 1 aliphatic heterocycles. The second-order valence-corrected chi connectivity index (χ2v) is 8.32. The van der Waals surface area contributed by atoms with Crippen molar-refractivity contribution >= 4 is 43.1 Å². The lowest BCUT2D eigenvalue weighted by atomic mass is 10.1. The second kappa shape index (κ2) is 5.36. The van der Waals surface area contributed by atoms with Gasteiger partial charge in [-0.1, -0.05) is 0 Å². The van der Waals surface area contributed by atoms with Gasteiger partial charge in [0.2, 0.25) is 0 Å². The highest BCUT2D eigenvalue weighted by Gasteiger charge is 2.38. The van der Waals surface area contributed by atoms with E-state index in [-0.39, 0.29) is 12.3 Å². The number of nitrogens with zero attached hydrogens (tertiary/aromatic N) is 1. The van der Waals surface area contributed by atoms with Crippen molar-refractivity contribution in [1.82, 2.24) is 4.90 Å². The summed E-state index contributed by atoms with van der Waals surface area (Å²) in [4.78, 5) is 25.0. The lowest BCUT2D eigenvalue weighted by Gasteiger charge is -2.32. The number of hydrogen-bond donors (Lipinski definition) is 1. The fourth-order valence-corrected chi connectivity index (χ4v) is 4.74. The first-order valence-electron chi connectivity index (χ1n) is 6.59. The molecule has 116 valence electrons. The minimum Gasteiger partial charge on any atom is -0.480 e. The van der Waals surface area contributed by atoms with E-state index in [9.17, 15) is 23.1 Å². The Balaban J connectivity index is 1.94. The van der Waals surface area contributed by atoms with E-state index in [2.05, 4.69) is 0 Å². The van der Waals surface area contributed by atoms with Gasteiger partial charge in [-0.25, -0.2) is 13.2 Å². The third-order valence-electron chi connectivity index (χ3n) is 3.68. The molecule has 0 bridgehead atoms. The van der Waals surface area contributed by atoms with Crippen LogP contribution in [0.5, 0.6) is 0 Å². The van der Waals surface area contributed by atoms with Gasteiger partial charge in [-0.05, 0) is 35.0 Å². The predicted octanol–water partition coefficient (Wildman–Crippen LogP) is 1.23. The Bertz CT molecular complexity index is 855. The number of rotatable bonds is 2. The molecule has 2 heterocycles. The minimum absolute atomic E-state index is 0.0974. The van der Waals surface area contributed by atoms with Gasteiger partial charge in [0.25, 0.3) is 5.91 Å². The van der Waals surface area contributed by atoms with Gasteiger partial charge in [-0.3, -0.25) is 4.79 Å². The van der Waals surface area contributed by atoms with Crippen molar-refractivity contribution in [2.45, 2.75) is 6.04 Å². The fraction of sp³-hybridized carbons (Fsp3) is 0.286.